The van der Waals surface area contributed by atoms with Crippen molar-refractivity contribution in [1.82, 2.24) is 15.6 Å². The summed E-state index contributed by atoms with van der Waals surface area (Å²) in [6.07, 6.45) is 11.5. The van der Waals surface area contributed by atoms with E-state index < -0.39 is 0 Å². The second kappa shape index (κ2) is 14.3. The molecule has 2 amide bonds. The third kappa shape index (κ3) is 9.54. The maximum Gasteiger partial charge on any atom is 0.269 e. The van der Waals surface area contributed by atoms with Gasteiger partial charge >= 0.3 is 0 Å². The van der Waals surface area contributed by atoms with Gasteiger partial charge in [0.05, 0.1) is 0 Å². The predicted octanol–water partition coefficient (Wildman–Crippen LogP) is 4.48. The Bertz CT molecular complexity index is 488. The van der Waals surface area contributed by atoms with Crippen LogP contribution in [0.15, 0.2) is 18.2 Å². The maximum absolute atomic E-state index is 12.2. The third-order valence-corrected chi connectivity index (χ3v) is 4.35. The van der Waals surface area contributed by atoms with Crippen molar-refractivity contribution < 1.29 is 9.59 Å². The molecule has 26 heavy (non-hydrogen) atoms. The number of unbranched alkanes of at least 4 members (excludes halogenated alkanes) is 8. The average molecular weight is 362 g/mol. The molecule has 0 aliphatic carbocycles. The summed E-state index contributed by atoms with van der Waals surface area (Å²) >= 11 is 0. The van der Waals surface area contributed by atoms with Crippen LogP contribution in [0, 0.1) is 0 Å². The molecule has 0 atom stereocenters. The summed E-state index contributed by atoms with van der Waals surface area (Å²) in [5.74, 6) is -0.426. The molecule has 5 heteroatoms. The molecule has 2 N–H and O–H groups in total. The molecule has 0 bridgehead atoms. The van der Waals surface area contributed by atoms with E-state index in [1.165, 1.54) is 38.5 Å². The van der Waals surface area contributed by atoms with Crippen LogP contribution in [0.5, 0.6) is 0 Å². The molecule has 0 spiro atoms. The van der Waals surface area contributed by atoms with E-state index in [0.717, 1.165) is 25.7 Å². The predicted molar refractivity (Wildman–Crippen MR) is 106 cm³/mol. The summed E-state index contributed by atoms with van der Waals surface area (Å²) < 4.78 is 0. The van der Waals surface area contributed by atoms with Crippen LogP contribution in [-0.2, 0) is 0 Å². The van der Waals surface area contributed by atoms with Gasteiger partial charge in [-0.05, 0) is 25.0 Å². The van der Waals surface area contributed by atoms with Gasteiger partial charge in [0.15, 0.2) is 0 Å². The summed E-state index contributed by atoms with van der Waals surface area (Å²) in [4.78, 5) is 28.5. The first-order valence-corrected chi connectivity index (χ1v) is 10.2. The number of carbonyl (C=O) groups excluding carboxylic acids is 2. The zero-order valence-corrected chi connectivity index (χ0v) is 16.5. The van der Waals surface area contributed by atoms with E-state index >= 15 is 0 Å². The summed E-state index contributed by atoms with van der Waals surface area (Å²) in [5, 5.41) is 5.76. The van der Waals surface area contributed by atoms with Crippen molar-refractivity contribution in [3.05, 3.63) is 29.6 Å². The first-order chi connectivity index (χ1) is 12.7. The summed E-state index contributed by atoms with van der Waals surface area (Å²) in [6.45, 7) is 5.67. The van der Waals surface area contributed by atoms with Gasteiger partial charge in [-0.15, -0.1) is 0 Å². The number of rotatable bonds is 14. The highest BCUT2D eigenvalue weighted by Crippen LogP contribution is 2.04. The van der Waals surface area contributed by atoms with E-state index in [1.807, 2.05) is 0 Å². The Morgan fingerprint density at radius 2 is 1.15 bits per heavy atom. The number of nitrogens with one attached hydrogen (secondary N) is 2. The van der Waals surface area contributed by atoms with Gasteiger partial charge in [0.25, 0.3) is 11.8 Å². The number of hydrogen-bond donors (Lipinski definition) is 2. The zero-order chi connectivity index (χ0) is 19.0. The molecular weight excluding hydrogens is 326 g/mol. The van der Waals surface area contributed by atoms with Crippen molar-refractivity contribution in [2.24, 2.45) is 0 Å². The number of pyridine rings is 1. The van der Waals surface area contributed by atoms with Crippen LogP contribution < -0.4 is 10.6 Å². The summed E-state index contributed by atoms with van der Waals surface area (Å²) in [7, 11) is 0. The Labute approximate surface area is 158 Å². The number of amides is 2. The molecule has 0 unspecified atom stereocenters. The van der Waals surface area contributed by atoms with Crippen molar-refractivity contribution in [1.29, 1.82) is 0 Å². The van der Waals surface area contributed by atoms with E-state index in [2.05, 4.69) is 29.5 Å². The highest BCUT2D eigenvalue weighted by atomic mass is 16.2. The van der Waals surface area contributed by atoms with Gasteiger partial charge in [0.2, 0.25) is 0 Å². The molecule has 1 aromatic heterocycles. The Morgan fingerprint density at radius 3 is 1.58 bits per heavy atom. The monoisotopic (exact) mass is 361 g/mol. The van der Waals surface area contributed by atoms with E-state index in [0.29, 0.717) is 24.5 Å². The fourth-order valence-electron chi connectivity index (χ4n) is 2.73. The summed E-state index contributed by atoms with van der Waals surface area (Å²) in [5.41, 5.74) is 0.600. The SMILES string of the molecule is CCCCCCCNC(=O)c1cccc(C(=O)NCCCCCCC)n1. The molecule has 0 saturated heterocycles. The Kier molecular flexibility index (Phi) is 12.2. The van der Waals surface area contributed by atoms with E-state index in [9.17, 15) is 9.59 Å². The number of aromatic nitrogens is 1. The van der Waals surface area contributed by atoms with E-state index in [1.54, 1.807) is 18.2 Å². The molecule has 0 aliphatic rings. The normalized spacial score (nSPS) is 10.5. The van der Waals surface area contributed by atoms with E-state index in [-0.39, 0.29) is 11.8 Å². The maximum atomic E-state index is 12.2. The molecule has 0 saturated carbocycles. The van der Waals surface area contributed by atoms with E-state index in [4.69, 9.17) is 0 Å². The number of hydrogen-bond acceptors (Lipinski definition) is 3. The summed E-state index contributed by atoms with van der Waals surface area (Å²) in [6, 6.07) is 5.00. The van der Waals surface area contributed by atoms with Crippen molar-refractivity contribution >= 4 is 11.8 Å². The highest BCUT2D eigenvalue weighted by molar-refractivity contribution is 5.96. The first-order valence-electron chi connectivity index (χ1n) is 10.2. The Hall–Kier alpha value is -1.91. The minimum absolute atomic E-state index is 0.213. The second-order valence-electron chi connectivity index (χ2n) is 6.75. The Morgan fingerprint density at radius 1 is 0.731 bits per heavy atom. The lowest BCUT2D eigenvalue weighted by Gasteiger charge is -2.07. The van der Waals surface area contributed by atoms with Crippen LogP contribution in [0.2, 0.25) is 0 Å². The molecule has 1 rings (SSSR count). The molecule has 0 fully saturated rings. The Balaban J connectivity index is 2.34. The topological polar surface area (TPSA) is 71.1 Å². The minimum Gasteiger partial charge on any atom is -0.351 e. The lowest BCUT2D eigenvalue weighted by Crippen LogP contribution is -2.28. The van der Waals surface area contributed by atoms with Gasteiger partial charge in [-0.3, -0.25) is 9.59 Å². The van der Waals surface area contributed by atoms with Crippen LogP contribution in [0.3, 0.4) is 0 Å². The van der Waals surface area contributed by atoms with Crippen LogP contribution in [0.25, 0.3) is 0 Å². The zero-order valence-electron chi connectivity index (χ0n) is 16.5. The molecule has 146 valence electrons. The minimum atomic E-state index is -0.213. The van der Waals surface area contributed by atoms with Gasteiger partial charge in [-0.2, -0.15) is 0 Å². The standard InChI is InChI=1S/C21H35N3O2/c1-3-5-7-9-11-16-22-20(25)18-14-13-15-19(24-18)21(26)23-17-12-10-8-6-4-2/h13-15H,3-12,16-17H2,1-2H3,(H,22,25)(H,23,26). The fourth-order valence-corrected chi connectivity index (χ4v) is 2.73. The van der Waals surface area contributed by atoms with Crippen LogP contribution in [0.4, 0.5) is 0 Å². The fraction of sp³-hybridized carbons (Fsp3) is 0.667. The third-order valence-electron chi connectivity index (χ3n) is 4.35. The smallest absolute Gasteiger partial charge is 0.269 e. The first kappa shape index (κ1) is 22.1. The van der Waals surface area contributed by atoms with Crippen LogP contribution in [-0.4, -0.2) is 29.9 Å². The largest absolute Gasteiger partial charge is 0.351 e. The molecule has 0 radical (unpaired) electrons. The molecular formula is C21H35N3O2. The highest BCUT2D eigenvalue weighted by Gasteiger charge is 2.11. The molecule has 1 heterocycles. The van der Waals surface area contributed by atoms with Gasteiger partial charge in [-0.25, -0.2) is 4.98 Å². The van der Waals surface area contributed by atoms with Gasteiger partial charge in [-0.1, -0.05) is 71.3 Å². The number of nitrogens with zero attached hydrogens (tertiary/aromatic N) is 1. The van der Waals surface area contributed by atoms with Gasteiger partial charge < -0.3 is 10.6 Å². The van der Waals surface area contributed by atoms with Gasteiger partial charge in [0, 0.05) is 13.1 Å². The quantitative estimate of drug-likeness (QED) is 0.480. The molecule has 5 nitrogen and oxygen atoms in total. The van der Waals surface area contributed by atoms with Crippen LogP contribution in [0.1, 0.15) is 99.0 Å². The molecule has 0 aromatic carbocycles. The van der Waals surface area contributed by atoms with Crippen molar-refractivity contribution in [2.45, 2.75) is 78.1 Å². The van der Waals surface area contributed by atoms with Gasteiger partial charge in [0.1, 0.15) is 11.4 Å². The molecule has 1 aromatic rings. The van der Waals surface area contributed by atoms with Crippen molar-refractivity contribution in [2.75, 3.05) is 13.1 Å². The van der Waals surface area contributed by atoms with Crippen molar-refractivity contribution in [3.8, 4) is 0 Å². The van der Waals surface area contributed by atoms with Crippen molar-refractivity contribution in [3.63, 3.8) is 0 Å². The molecule has 0 aliphatic heterocycles. The lowest BCUT2D eigenvalue weighted by atomic mass is 10.1. The lowest BCUT2D eigenvalue weighted by molar-refractivity contribution is 0.0943. The van der Waals surface area contributed by atoms with Crippen LogP contribution >= 0.6 is 0 Å². The second-order valence-corrected chi connectivity index (χ2v) is 6.75. The number of carbonyl (C=O) groups is 2. The average Bonchev–Trinajstić information content (AvgIpc) is 2.67.